The van der Waals surface area contributed by atoms with Crippen LogP contribution < -0.4 is 0 Å². The molecule has 5 nitrogen and oxygen atoms in total. The number of hydrogen-bond donors (Lipinski definition) is 1. The molecule has 0 aromatic heterocycles. The van der Waals surface area contributed by atoms with Crippen LogP contribution in [0.3, 0.4) is 0 Å². The van der Waals surface area contributed by atoms with Crippen molar-refractivity contribution < 1.29 is 24.2 Å². The van der Waals surface area contributed by atoms with Crippen molar-refractivity contribution >= 4 is 11.9 Å². The van der Waals surface area contributed by atoms with Gasteiger partial charge in [0.05, 0.1) is 19.6 Å². The molecule has 264 valence electrons. The molecule has 1 N–H and O–H groups in total. The second-order valence-corrected chi connectivity index (χ2v) is 13.0. The zero-order valence-corrected chi connectivity index (χ0v) is 29.9. The van der Waals surface area contributed by atoms with E-state index in [1.807, 2.05) is 0 Å². The molecule has 0 radical (unpaired) electrons. The smallest absolute Gasteiger partial charge is 0.335 e. The van der Waals surface area contributed by atoms with Crippen LogP contribution >= 0.6 is 0 Å². The highest BCUT2D eigenvalue weighted by Crippen LogP contribution is 2.12. The van der Waals surface area contributed by atoms with Crippen LogP contribution in [0, 0.1) is 0 Å². The van der Waals surface area contributed by atoms with Gasteiger partial charge in [0.25, 0.3) is 0 Å². The predicted octanol–water partition coefficient (Wildman–Crippen LogP) is 11.9. The summed E-state index contributed by atoms with van der Waals surface area (Å²) in [5.41, 5.74) is 0. The van der Waals surface area contributed by atoms with E-state index in [9.17, 15) is 14.7 Å². The lowest BCUT2D eigenvalue weighted by molar-refractivity contribution is -0.160. The Bertz CT molecular complexity index is 686. The molecule has 0 aliphatic rings. The first kappa shape index (κ1) is 43.4. The molecule has 0 aliphatic carbocycles. The maximum Gasteiger partial charge on any atom is 0.335 e. The van der Waals surface area contributed by atoms with Crippen molar-refractivity contribution in [2.45, 2.75) is 206 Å². The Kier molecular flexibility index (Phi) is 35.5. The van der Waals surface area contributed by atoms with Crippen LogP contribution in [0.25, 0.3) is 0 Å². The SMILES string of the molecule is CCCCCCCC/C=C\CCCCCCCCOC(=O)[C@@H](O)CC(=O)OCCCCCCCC/C=C/CCCCCCCC. The Balaban J connectivity index is 3.45. The Hall–Kier alpha value is -1.62. The standard InChI is InChI=1S/C40H74O5/c1-3-5-7-9-11-13-15-17-19-21-23-25-27-29-31-33-35-44-39(42)37-38(41)40(43)45-36-34-32-30-28-26-24-22-20-18-16-14-12-10-8-6-4-2/h17-20,38,41H,3-16,21-37H2,1-2H3/b19-17+,20-18-/t38-/m0/s1. The maximum atomic E-state index is 12.0. The normalized spacial score (nSPS) is 12.3. The maximum absolute atomic E-state index is 12.0. The van der Waals surface area contributed by atoms with Crippen LogP contribution in [0.4, 0.5) is 0 Å². The second-order valence-electron chi connectivity index (χ2n) is 13.0. The molecule has 0 bridgehead atoms. The molecule has 45 heavy (non-hydrogen) atoms. The summed E-state index contributed by atoms with van der Waals surface area (Å²) in [6, 6.07) is 0. The molecular formula is C40H74O5. The molecular weight excluding hydrogens is 560 g/mol. The van der Waals surface area contributed by atoms with E-state index in [1.54, 1.807) is 0 Å². The Labute approximate surface area is 279 Å². The second kappa shape index (κ2) is 36.8. The first-order valence-corrected chi connectivity index (χ1v) is 19.4. The summed E-state index contributed by atoms with van der Waals surface area (Å²) in [7, 11) is 0. The van der Waals surface area contributed by atoms with Gasteiger partial charge in [0, 0.05) is 0 Å². The fourth-order valence-corrected chi connectivity index (χ4v) is 5.45. The Morgan fingerprint density at radius 2 is 0.778 bits per heavy atom. The molecule has 0 aromatic rings. The average molecular weight is 635 g/mol. The van der Waals surface area contributed by atoms with Crippen LogP contribution in [0.15, 0.2) is 24.3 Å². The minimum Gasteiger partial charge on any atom is -0.466 e. The molecule has 0 heterocycles. The predicted molar refractivity (Wildman–Crippen MR) is 191 cm³/mol. The number of aliphatic hydroxyl groups is 1. The number of allylic oxidation sites excluding steroid dienone is 4. The van der Waals surface area contributed by atoms with Crippen molar-refractivity contribution in [3.8, 4) is 0 Å². The summed E-state index contributed by atoms with van der Waals surface area (Å²) in [6.07, 6.45) is 42.0. The Morgan fingerprint density at radius 1 is 0.467 bits per heavy atom. The summed E-state index contributed by atoms with van der Waals surface area (Å²) in [5.74, 6) is -1.26. The van der Waals surface area contributed by atoms with Gasteiger partial charge in [-0.3, -0.25) is 4.79 Å². The lowest BCUT2D eigenvalue weighted by atomic mass is 10.1. The number of hydrogen-bond acceptors (Lipinski definition) is 5. The van der Waals surface area contributed by atoms with Crippen molar-refractivity contribution in [3.05, 3.63) is 24.3 Å². The van der Waals surface area contributed by atoms with Gasteiger partial charge in [-0.25, -0.2) is 4.79 Å². The highest BCUT2D eigenvalue weighted by molar-refractivity contribution is 5.81. The van der Waals surface area contributed by atoms with E-state index in [1.165, 1.54) is 141 Å². The van der Waals surface area contributed by atoms with Gasteiger partial charge in [-0.15, -0.1) is 0 Å². The third kappa shape index (κ3) is 35.1. The summed E-state index contributed by atoms with van der Waals surface area (Å²) >= 11 is 0. The largest absolute Gasteiger partial charge is 0.466 e. The first-order chi connectivity index (χ1) is 22.1. The summed E-state index contributed by atoms with van der Waals surface area (Å²) in [6.45, 7) is 5.16. The molecule has 1 atom stereocenters. The quantitative estimate of drug-likeness (QED) is 0.0426. The fraction of sp³-hybridized carbons (Fsp3) is 0.850. The van der Waals surface area contributed by atoms with Gasteiger partial charge in [-0.1, -0.05) is 154 Å². The fourth-order valence-electron chi connectivity index (χ4n) is 5.45. The van der Waals surface area contributed by atoms with E-state index in [2.05, 4.69) is 38.2 Å². The molecule has 0 rings (SSSR count). The number of esters is 2. The molecule has 0 unspecified atom stereocenters. The van der Waals surface area contributed by atoms with Gasteiger partial charge in [0.1, 0.15) is 0 Å². The van der Waals surface area contributed by atoms with E-state index in [4.69, 9.17) is 9.47 Å². The van der Waals surface area contributed by atoms with Crippen molar-refractivity contribution in [1.29, 1.82) is 0 Å². The zero-order valence-electron chi connectivity index (χ0n) is 29.9. The van der Waals surface area contributed by atoms with E-state index in [-0.39, 0.29) is 6.42 Å². The van der Waals surface area contributed by atoms with Crippen LogP contribution in [0.2, 0.25) is 0 Å². The van der Waals surface area contributed by atoms with Crippen LogP contribution in [0.1, 0.15) is 200 Å². The number of rotatable bonds is 35. The van der Waals surface area contributed by atoms with Crippen molar-refractivity contribution in [3.63, 3.8) is 0 Å². The summed E-state index contributed by atoms with van der Waals surface area (Å²) in [4.78, 5) is 23.9. The van der Waals surface area contributed by atoms with Crippen LogP contribution in [-0.4, -0.2) is 36.4 Å². The van der Waals surface area contributed by atoms with Gasteiger partial charge in [-0.2, -0.15) is 0 Å². The zero-order chi connectivity index (χ0) is 32.9. The third-order valence-electron chi connectivity index (χ3n) is 8.45. The number of carbonyl (C=O) groups excluding carboxylic acids is 2. The first-order valence-electron chi connectivity index (χ1n) is 19.4. The van der Waals surface area contributed by atoms with Crippen molar-refractivity contribution in [2.75, 3.05) is 13.2 Å². The highest BCUT2D eigenvalue weighted by atomic mass is 16.6. The minimum absolute atomic E-state index is 0.293. The van der Waals surface area contributed by atoms with E-state index in [0.29, 0.717) is 13.2 Å². The van der Waals surface area contributed by atoms with Gasteiger partial charge in [0.15, 0.2) is 6.10 Å². The molecule has 0 fully saturated rings. The minimum atomic E-state index is -1.44. The van der Waals surface area contributed by atoms with Gasteiger partial charge >= 0.3 is 11.9 Å². The Morgan fingerprint density at radius 3 is 1.16 bits per heavy atom. The third-order valence-corrected chi connectivity index (χ3v) is 8.45. The van der Waals surface area contributed by atoms with Crippen molar-refractivity contribution in [2.24, 2.45) is 0 Å². The van der Waals surface area contributed by atoms with E-state index >= 15 is 0 Å². The molecule has 0 saturated carbocycles. The summed E-state index contributed by atoms with van der Waals surface area (Å²) < 4.78 is 10.4. The topological polar surface area (TPSA) is 72.8 Å². The van der Waals surface area contributed by atoms with Gasteiger partial charge < -0.3 is 14.6 Å². The average Bonchev–Trinajstić information content (AvgIpc) is 3.03. The monoisotopic (exact) mass is 635 g/mol. The van der Waals surface area contributed by atoms with Gasteiger partial charge in [0.2, 0.25) is 0 Å². The lowest BCUT2D eigenvalue weighted by Crippen LogP contribution is -2.27. The van der Waals surface area contributed by atoms with Crippen molar-refractivity contribution in [1.82, 2.24) is 0 Å². The highest BCUT2D eigenvalue weighted by Gasteiger charge is 2.21. The number of aliphatic hydroxyl groups excluding tert-OH is 1. The molecule has 0 spiro atoms. The van der Waals surface area contributed by atoms with E-state index < -0.39 is 18.0 Å². The lowest BCUT2D eigenvalue weighted by Gasteiger charge is -2.11. The summed E-state index contributed by atoms with van der Waals surface area (Å²) in [5, 5.41) is 9.98. The number of carbonyl (C=O) groups is 2. The van der Waals surface area contributed by atoms with Crippen LogP contribution in [0.5, 0.6) is 0 Å². The number of unbranched alkanes of at least 4 members (excludes halogenated alkanes) is 24. The van der Waals surface area contributed by atoms with Gasteiger partial charge in [-0.05, 0) is 64.2 Å². The van der Waals surface area contributed by atoms with E-state index in [0.717, 1.165) is 38.5 Å². The number of ether oxygens (including phenoxy) is 2. The molecule has 0 saturated heterocycles. The molecule has 0 aromatic carbocycles. The molecule has 5 heteroatoms. The molecule has 0 amide bonds. The molecule has 0 aliphatic heterocycles. The van der Waals surface area contributed by atoms with Crippen LogP contribution in [-0.2, 0) is 19.1 Å².